The van der Waals surface area contributed by atoms with E-state index in [1.807, 2.05) is 0 Å². The fourth-order valence-electron chi connectivity index (χ4n) is 0.744. The molecule has 0 saturated heterocycles. The lowest BCUT2D eigenvalue weighted by Gasteiger charge is -2.02. The lowest BCUT2D eigenvalue weighted by atomic mass is 9.93. The first-order valence-corrected chi connectivity index (χ1v) is 4.00. The van der Waals surface area contributed by atoms with Crippen LogP contribution in [0.5, 0.6) is 0 Å². The Hall–Kier alpha value is -0.130. The largest absolute Gasteiger partial charge is 0.0943 e. The molecular weight excluding hydrogens is 108 g/mol. The number of unbranched alkanes of at least 4 members (excludes halogenated alkanes) is 1. The van der Waals surface area contributed by atoms with E-state index in [0.29, 0.717) is 0 Å². The third-order valence-electron chi connectivity index (χ3n) is 1.91. The van der Waals surface area contributed by atoms with Crippen LogP contribution in [0.25, 0.3) is 0 Å². The Morgan fingerprint density at radius 1 is 1.33 bits per heavy atom. The molecule has 0 aliphatic heterocycles. The molecule has 0 heterocycles. The third kappa shape index (κ3) is 4.38. The van der Waals surface area contributed by atoms with Gasteiger partial charge >= 0.3 is 0 Å². The van der Waals surface area contributed by atoms with Crippen molar-refractivity contribution in [2.45, 2.75) is 47.0 Å². The second-order valence-electron chi connectivity index (χ2n) is 3.10. The SMILES string of the molecule is CCCC[C+](C)C(C)C. The second kappa shape index (κ2) is 4.72. The predicted molar refractivity (Wildman–Crippen MR) is 43.3 cm³/mol. The van der Waals surface area contributed by atoms with Crippen LogP contribution in [0.1, 0.15) is 47.0 Å². The summed E-state index contributed by atoms with van der Waals surface area (Å²) in [4.78, 5) is 0. The molecule has 0 aliphatic rings. The summed E-state index contributed by atoms with van der Waals surface area (Å²) in [5.74, 6) is 2.44. The lowest BCUT2D eigenvalue weighted by Crippen LogP contribution is -2.00. The van der Waals surface area contributed by atoms with Gasteiger partial charge in [0.2, 0.25) is 0 Å². The fourth-order valence-corrected chi connectivity index (χ4v) is 0.744. The molecule has 0 heteroatoms. The quantitative estimate of drug-likeness (QED) is 0.507. The van der Waals surface area contributed by atoms with E-state index < -0.39 is 0 Å². The topological polar surface area (TPSA) is 0 Å². The predicted octanol–water partition coefficient (Wildman–Crippen LogP) is 3.43. The van der Waals surface area contributed by atoms with E-state index in [1.54, 1.807) is 5.92 Å². The van der Waals surface area contributed by atoms with E-state index in [9.17, 15) is 0 Å². The second-order valence-corrected chi connectivity index (χ2v) is 3.10. The van der Waals surface area contributed by atoms with Crippen LogP contribution in [0, 0.1) is 11.8 Å². The van der Waals surface area contributed by atoms with Crippen LogP contribution >= 0.6 is 0 Å². The first-order valence-electron chi connectivity index (χ1n) is 4.00. The third-order valence-corrected chi connectivity index (χ3v) is 1.91. The molecule has 0 aliphatic carbocycles. The van der Waals surface area contributed by atoms with Crippen LogP contribution in [0.3, 0.4) is 0 Å². The molecule has 0 nitrogen and oxygen atoms in total. The monoisotopic (exact) mass is 127 g/mol. The van der Waals surface area contributed by atoms with E-state index in [4.69, 9.17) is 0 Å². The molecule has 0 aromatic rings. The summed E-state index contributed by atoms with van der Waals surface area (Å²) in [7, 11) is 0. The van der Waals surface area contributed by atoms with Crippen LogP contribution in [0.4, 0.5) is 0 Å². The summed E-state index contributed by atoms with van der Waals surface area (Å²) in [6.07, 6.45) is 4.02. The molecule has 9 heavy (non-hydrogen) atoms. The number of rotatable bonds is 4. The molecule has 0 spiro atoms. The summed E-state index contributed by atoms with van der Waals surface area (Å²) < 4.78 is 0. The molecule has 54 valence electrons. The normalized spacial score (nSPS) is 10.3. The summed E-state index contributed by atoms with van der Waals surface area (Å²) >= 11 is 0. The van der Waals surface area contributed by atoms with E-state index in [1.165, 1.54) is 19.3 Å². The highest BCUT2D eigenvalue weighted by molar-refractivity contribution is 4.86. The average molecular weight is 127 g/mol. The molecule has 0 rings (SSSR count). The minimum atomic E-state index is 0.788. The van der Waals surface area contributed by atoms with Gasteiger partial charge in [0, 0.05) is 0 Å². The average Bonchev–Trinajstić information content (AvgIpc) is 1.82. The van der Waals surface area contributed by atoms with Crippen LogP contribution in [-0.2, 0) is 0 Å². The zero-order valence-electron chi connectivity index (χ0n) is 7.20. The molecular formula is C9H19+. The van der Waals surface area contributed by atoms with Gasteiger partial charge in [0.1, 0.15) is 0 Å². The van der Waals surface area contributed by atoms with Crippen molar-refractivity contribution in [1.82, 2.24) is 0 Å². The van der Waals surface area contributed by atoms with Crippen molar-refractivity contribution in [3.63, 3.8) is 0 Å². The first kappa shape index (κ1) is 8.87. The van der Waals surface area contributed by atoms with Gasteiger partial charge < -0.3 is 0 Å². The molecule has 0 saturated carbocycles. The summed E-state index contributed by atoms with van der Waals surface area (Å²) in [5.41, 5.74) is 0. The van der Waals surface area contributed by atoms with Crippen molar-refractivity contribution in [3.8, 4) is 0 Å². The van der Waals surface area contributed by atoms with E-state index in [-0.39, 0.29) is 0 Å². The maximum Gasteiger partial charge on any atom is 0.0943 e. The van der Waals surface area contributed by atoms with Crippen molar-refractivity contribution >= 4 is 0 Å². The molecule has 0 aromatic heterocycles. The van der Waals surface area contributed by atoms with Crippen LogP contribution in [0.2, 0.25) is 0 Å². The molecule has 0 amide bonds. The summed E-state index contributed by atoms with van der Waals surface area (Å²) in [6, 6.07) is 0. The van der Waals surface area contributed by atoms with Crippen molar-refractivity contribution in [2.75, 3.05) is 0 Å². The van der Waals surface area contributed by atoms with Gasteiger partial charge in [-0.15, -0.1) is 0 Å². The number of hydrogen-bond acceptors (Lipinski definition) is 0. The van der Waals surface area contributed by atoms with Gasteiger partial charge in [-0.2, -0.15) is 0 Å². The van der Waals surface area contributed by atoms with Crippen molar-refractivity contribution in [3.05, 3.63) is 5.92 Å². The fraction of sp³-hybridized carbons (Fsp3) is 0.889. The lowest BCUT2D eigenvalue weighted by molar-refractivity contribution is 0.581. The smallest absolute Gasteiger partial charge is 0.0652 e. The standard InChI is InChI=1S/C9H19/c1-5-6-7-9(4)8(2)3/h8H,5-7H2,1-4H3/q+1. The Morgan fingerprint density at radius 3 is 2.22 bits per heavy atom. The van der Waals surface area contributed by atoms with Gasteiger partial charge in [-0.1, -0.05) is 13.3 Å². The van der Waals surface area contributed by atoms with Gasteiger partial charge in [0.15, 0.2) is 0 Å². The highest BCUT2D eigenvalue weighted by Crippen LogP contribution is 2.18. The minimum absolute atomic E-state index is 0.788. The molecule has 0 fully saturated rings. The van der Waals surface area contributed by atoms with E-state index in [2.05, 4.69) is 27.7 Å². The van der Waals surface area contributed by atoms with Gasteiger partial charge in [-0.25, -0.2) is 0 Å². The van der Waals surface area contributed by atoms with Gasteiger partial charge in [0.25, 0.3) is 0 Å². The maximum absolute atomic E-state index is 2.27. The first-order chi connectivity index (χ1) is 4.18. The van der Waals surface area contributed by atoms with Gasteiger partial charge in [-0.3, -0.25) is 0 Å². The molecule has 0 bridgehead atoms. The van der Waals surface area contributed by atoms with Crippen molar-refractivity contribution in [2.24, 2.45) is 5.92 Å². The molecule has 0 aromatic carbocycles. The van der Waals surface area contributed by atoms with E-state index in [0.717, 1.165) is 5.92 Å². The highest BCUT2D eigenvalue weighted by Gasteiger charge is 2.15. The van der Waals surface area contributed by atoms with E-state index >= 15 is 0 Å². The maximum atomic E-state index is 2.27. The molecule has 0 unspecified atom stereocenters. The Labute approximate surface area is 59.7 Å². The molecule has 0 radical (unpaired) electrons. The van der Waals surface area contributed by atoms with Gasteiger partial charge in [-0.05, 0) is 20.3 Å². The number of hydrogen-bond donors (Lipinski definition) is 0. The van der Waals surface area contributed by atoms with Crippen molar-refractivity contribution < 1.29 is 0 Å². The van der Waals surface area contributed by atoms with Gasteiger partial charge in [0.05, 0.1) is 25.2 Å². The Balaban J connectivity index is 3.16. The highest BCUT2D eigenvalue weighted by atomic mass is 14.1. The Kier molecular flexibility index (Phi) is 4.65. The van der Waals surface area contributed by atoms with Crippen LogP contribution in [0.15, 0.2) is 0 Å². The minimum Gasteiger partial charge on any atom is -0.0652 e. The molecule has 0 atom stereocenters. The van der Waals surface area contributed by atoms with Crippen LogP contribution < -0.4 is 0 Å². The van der Waals surface area contributed by atoms with Crippen LogP contribution in [-0.4, -0.2) is 0 Å². The Bertz CT molecular complexity index is 55.1. The summed E-state index contributed by atoms with van der Waals surface area (Å²) in [5, 5.41) is 0. The van der Waals surface area contributed by atoms with Crippen molar-refractivity contribution in [1.29, 1.82) is 0 Å². The zero-order chi connectivity index (χ0) is 7.28. The Morgan fingerprint density at radius 2 is 1.89 bits per heavy atom. The zero-order valence-corrected chi connectivity index (χ0v) is 7.20. The molecule has 0 N–H and O–H groups in total. The summed E-state index contributed by atoms with van der Waals surface area (Å²) in [6.45, 7) is 9.05.